The van der Waals surface area contributed by atoms with Crippen LogP contribution in [0.1, 0.15) is 6.42 Å². The van der Waals surface area contributed by atoms with Crippen molar-refractivity contribution in [2.24, 2.45) is 0 Å². The van der Waals surface area contributed by atoms with Gasteiger partial charge in [0.25, 0.3) is 11.5 Å². The summed E-state index contributed by atoms with van der Waals surface area (Å²) in [5, 5.41) is 14.6. The van der Waals surface area contributed by atoms with E-state index in [-0.39, 0.29) is 31.0 Å². The van der Waals surface area contributed by atoms with Gasteiger partial charge in [-0.2, -0.15) is 10.4 Å². The third-order valence-electron chi connectivity index (χ3n) is 4.62. The first kappa shape index (κ1) is 16.8. The largest absolute Gasteiger partial charge is 0.482 e. The number of carbonyl (C=O) groups is 1. The van der Waals surface area contributed by atoms with Crippen LogP contribution in [0.5, 0.6) is 5.75 Å². The number of aryl methyl sites for hydroxylation is 1. The molecule has 4 rings (SSSR count). The van der Waals surface area contributed by atoms with Gasteiger partial charge in [-0.25, -0.2) is 4.68 Å². The van der Waals surface area contributed by atoms with Crippen molar-refractivity contribution in [3.8, 4) is 23.1 Å². The summed E-state index contributed by atoms with van der Waals surface area (Å²) in [5.41, 5.74) is 1.82. The highest BCUT2D eigenvalue weighted by molar-refractivity contribution is 5.99. The molecule has 0 radical (unpaired) electrons. The van der Waals surface area contributed by atoms with E-state index in [0.29, 0.717) is 22.5 Å². The molecule has 27 heavy (non-hydrogen) atoms. The van der Waals surface area contributed by atoms with Crippen molar-refractivity contribution < 1.29 is 9.53 Å². The quantitative estimate of drug-likeness (QED) is 0.715. The van der Waals surface area contributed by atoms with Gasteiger partial charge in [-0.3, -0.25) is 9.59 Å². The van der Waals surface area contributed by atoms with Crippen LogP contribution in [0, 0.1) is 11.3 Å². The molecule has 0 saturated carbocycles. The second-order valence-corrected chi connectivity index (χ2v) is 6.25. The lowest BCUT2D eigenvalue weighted by Gasteiger charge is -2.26. The predicted molar refractivity (Wildman–Crippen MR) is 101 cm³/mol. The number of rotatable bonds is 3. The Morgan fingerprint density at radius 3 is 2.74 bits per heavy atom. The van der Waals surface area contributed by atoms with Crippen LogP contribution in [0.2, 0.25) is 0 Å². The second-order valence-electron chi connectivity index (χ2n) is 6.25. The molecule has 7 heteroatoms. The molecule has 0 spiro atoms. The minimum atomic E-state index is -0.224. The van der Waals surface area contributed by atoms with Crippen molar-refractivity contribution in [2.75, 3.05) is 18.6 Å². The SMILES string of the molecule is CN1C(=O)COc2ccc(-c3nn(CCC#N)c(=O)c4ccccc34)cc21. The molecule has 1 aliphatic heterocycles. The molecule has 1 aromatic heterocycles. The summed E-state index contributed by atoms with van der Waals surface area (Å²) < 4.78 is 6.80. The number of benzene rings is 2. The fourth-order valence-electron chi connectivity index (χ4n) is 3.18. The zero-order valence-corrected chi connectivity index (χ0v) is 14.7. The number of hydrogen-bond donors (Lipinski definition) is 0. The Morgan fingerprint density at radius 1 is 1.19 bits per heavy atom. The summed E-state index contributed by atoms with van der Waals surface area (Å²) in [6.45, 7) is 0.239. The van der Waals surface area contributed by atoms with E-state index in [1.54, 1.807) is 30.1 Å². The van der Waals surface area contributed by atoms with E-state index in [2.05, 4.69) is 5.10 Å². The maximum Gasteiger partial charge on any atom is 0.274 e. The first-order valence-corrected chi connectivity index (χ1v) is 8.51. The minimum Gasteiger partial charge on any atom is -0.482 e. The van der Waals surface area contributed by atoms with Gasteiger partial charge in [0.1, 0.15) is 5.75 Å². The van der Waals surface area contributed by atoms with E-state index in [9.17, 15) is 9.59 Å². The molecule has 7 nitrogen and oxygen atoms in total. The first-order valence-electron chi connectivity index (χ1n) is 8.51. The molecule has 0 aliphatic carbocycles. The van der Waals surface area contributed by atoms with Crippen LogP contribution in [0.3, 0.4) is 0 Å². The van der Waals surface area contributed by atoms with E-state index in [0.717, 1.165) is 10.9 Å². The van der Waals surface area contributed by atoms with Crippen LogP contribution < -0.4 is 15.2 Å². The number of amides is 1. The zero-order valence-electron chi connectivity index (χ0n) is 14.7. The third kappa shape index (κ3) is 2.81. The first-order chi connectivity index (χ1) is 13.1. The van der Waals surface area contributed by atoms with E-state index in [1.807, 2.05) is 30.3 Å². The maximum absolute atomic E-state index is 12.7. The molecule has 134 valence electrons. The van der Waals surface area contributed by atoms with Crippen molar-refractivity contribution in [2.45, 2.75) is 13.0 Å². The monoisotopic (exact) mass is 360 g/mol. The van der Waals surface area contributed by atoms with Gasteiger partial charge in [-0.05, 0) is 24.3 Å². The van der Waals surface area contributed by atoms with Crippen molar-refractivity contribution in [3.05, 3.63) is 52.8 Å². The lowest BCUT2D eigenvalue weighted by Crippen LogP contribution is -2.35. The van der Waals surface area contributed by atoms with Crippen LogP contribution in [0.4, 0.5) is 5.69 Å². The number of nitriles is 1. The van der Waals surface area contributed by atoms with Crippen LogP contribution >= 0.6 is 0 Å². The fraction of sp³-hybridized carbons (Fsp3) is 0.200. The molecule has 0 atom stereocenters. The molecular weight excluding hydrogens is 344 g/mol. The van der Waals surface area contributed by atoms with E-state index >= 15 is 0 Å². The normalized spacial score (nSPS) is 13.2. The Bertz CT molecular complexity index is 1160. The van der Waals surface area contributed by atoms with Crippen molar-refractivity contribution >= 4 is 22.4 Å². The Balaban J connectivity index is 1.94. The van der Waals surface area contributed by atoms with Gasteiger partial charge < -0.3 is 9.64 Å². The topological polar surface area (TPSA) is 88.2 Å². The smallest absolute Gasteiger partial charge is 0.274 e. The van der Waals surface area contributed by atoms with Crippen molar-refractivity contribution in [1.82, 2.24) is 9.78 Å². The van der Waals surface area contributed by atoms with Crippen LogP contribution in [-0.2, 0) is 11.3 Å². The van der Waals surface area contributed by atoms with Crippen LogP contribution in [-0.4, -0.2) is 29.3 Å². The number of hydrogen-bond acceptors (Lipinski definition) is 5. The lowest BCUT2D eigenvalue weighted by atomic mass is 10.0. The Kier molecular flexibility index (Phi) is 4.09. The van der Waals surface area contributed by atoms with Crippen molar-refractivity contribution in [3.63, 3.8) is 0 Å². The van der Waals surface area contributed by atoms with Gasteiger partial charge in [0.05, 0.1) is 35.8 Å². The Morgan fingerprint density at radius 2 is 1.96 bits per heavy atom. The molecule has 0 saturated heterocycles. The molecule has 3 aromatic rings. The maximum atomic E-state index is 12.7. The van der Waals surface area contributed by atoms with E-state index < -0.39 is 0 Å². The number of nitrogens with zero attached hydrogens (tertiary/aromatic N) is 4. The zero-order chi connectivity index (χ0) is 19.0. The summed E-state index contributed by atoms with van der Waals surface area (Å²) in [6, 6.07) is 14.8. The highest BCUT2D eigenvalue weighted by Crippen LogP contribution is 2.36. The molecule has 2 aromatic carbocycles. The molecule has 2 heterocycles. The van der Waals surface area contributed by atoms with Gasteiger partial charge in [0.15, 0.2) is 6.61 Å². The molecule has 0 unspecified atom stereocenters. The summed E-state index contributed by atoms with van der Waals surface area (Å²) in [6.07, 6.45) is 0.194. The minimum absolute atomic E-state index is 0.0169. The lowest BCUT2D eigenvalue weighted by molar-refractivity contribution is -0.120. The molecule has 0 bridgehead atoms. The van der Waals surface area contributed by atoms with Gasteiger partial charge in [0.2, 0.25) is 0 Å². The number of likely N-dealkylation sites (N-methyl/N-ethyl adjacent to an activating group) is 1. The summed E-state index contributed by atoms with van der Waals surface area (Å²) in [5.74, 6) is 0.499. The van der Waals surface area contributed by atoms with E-state index in [1.165, 1.54) is 4.68 Å². The third-order valence-corrected chi connectivity index (χ3v) is 4.62. The number of anilines is 1. The van der Waals surface area contributed by atoms with Crippen LogP contribution in [0.25, 0.3) is 22.0 Å². The molecule has 1 amide bonds. The fourth-order valence-corrected chi connectivity index (χ4v) is 3.18. The van der Waals surface area contributed by atoms with Gasteiger partial charge in [-0.15, -0.1) is 0 Å². The average molecular weight is 360 g/mol. The van der Waals surface area contributed by atoms with Gasteiger partial charge in [-0.1, -0.05) is 18.2 Å². The summed E-state index contributed by atoms with van der Waals surface area (Å²) in [4.78, 5) is 26.2. The van der Waals surface area contributed by atoms with E-state index in [4.69, 9.17) is 10.00 Å². The predicted octanol–water partition coefficient (Wildman–Crippen LogP) is 2.33. The number of fused-ring (bicyclic) bond motifs is 2. The summed E-state index contributed by atoms with van der Waals surface area (Å²) in [7, 11) is 1.70. The van der Waals surface area contributed by atoms with Gasteiger partial charge in [0, 0.05) is 18.0 Å². The second kappa shape index (κ2) is 6.57. The van der Waals surface area contributed by atoms with Crippen LogP contribution in [0.15, 0.2) is 47.3 Å². The summed E-state index contributed by atoms with van der Waals surface area (Å²) >= 11 is 0. The molecule has 0 fully saturated rings. The van der Waals surface area contributed by atoms with Gasteiger partial charge >= 0.3 is 0 Å². The average Bonchev–Trinajstić information content (AvgIpc) is 2.70. The number of aromatic nitrogens is 2. The Labute approximate surface area is 155 Å². The van der Waals surface area contributed by atoms with Crippen molar-refractivity contribution in [1.29, 1.82) is 5.26 Å². The number of ether oxygens (including phenoxy) is 1. The standard InChI is InChI=1S/C20H16N4O3/c1-23-16-11-13(7-8-17(16)27-12-18(23)25)19-14-5-2-3-6-15(14)20(26)24(22-19)10-4-9-21/h2-3,5-8,11H,4,10,12H2,1H3. The highest BCUT2D eigenvalue weighted by atomic mass is 16.5. The molecule has 0 N–H and O–H groups in total. The highest BCUT2D eigenvalue weighted by Gasteiger charge is 2.23. The Hall–Kier alpha value is -3.66. The molecular formula is C20H16N4O3. The number of carbonyl (C=O) groups excluding carboxylic acids is 1. The molecule has 1 aliphatic rings.